The zero-order valence-electron chi connectivity index (χ0n) is 14.2. The molecule has 0 radical (unpaired) electrons. The molecule has 1 heterocycles. The Morgan fingerprint density at radius 1 is 1.19 bits per heavy atom. The average molecular weight is 433 g/mol. The number of alkyl halides is 4. The van der Waals surface area contributed by atoms with Gasteiger partial charge in [0.25, 0.3) is 0 Å². The molecular weight excluding hydrogens is 416 g/mol. The molecular formula is C16H17ClF4O5S. The van der Waals surface area contributed by atoms with Gasteiger partial charge in [0.1, 0.15) is 18.4 Å². The monoisotopic (exact) mass is 432 g/mol. The average Bonchev–Trinajstić information content (AvgIpc) is 3.00. The summed E-state index contributed by atoms with van der Waals surface area (Å²) in [4.78, 5) is 0. The van der Waals surface area contributed by atoms with Gasteiger partial charge in [-0.25, -0.2) is 4.39 Å². The Kier molecular flexibility index (Phi) is 5.26. The van der Waals surface area contributed by atoms with Crippen molar-refractivity contribution in [3.63, 3.8) is 0 Å². The Hall–Kier alpha value is -0.940. The lowest BCUT2D eigenvalue weighted by molar-refractivity contribution is -0.168. The van der Waals surface area contributed by atoms with Gasteiger partial charge in [-0.05, 0) is 38.0 Å². The minimum Gasteiger partial charge on any atom is -0.344 e. The van der Waals surface area contributed by atoms with Crippen molar-refractivity contribution in [3.8, 4) is 0 Å². The zero-order valence-corrected chi connectivity index (χ0v) is 15.8. The van der Waals surface area contributed by atoms with E-state index in [1.165, 1.54) is 38.1 Å². The first-order valence-electron chi connectivity index (χ1n) is 8.05. The minimum absolute atomic E-state index is 0.246. The Morgan fingerprint density at radius 3 is 2.30 bits per heavy atom. The molecule has 5 nitrogen and oxygen atoms in total. The largest absolute Gasteiger partial charge is 0.523 e. The van der Waals surface area contributed by atoms with Crippen molar-refractivity contribution in [2.45, 2.75) is 56.0 Å². The van der Waals surface area contributed by atoms with Crippen molar-refractivity contribution < 1.29 is 39.6 Å². The van der Waals surface area contributed by atoms with Crippen LogP contribution in [-0.2, 0) is 23.8 Å². The number of hydrogen-bond acceptors (Lipinski definition) is 5. The van der Waals surface area contributed by atoms with Crippen LogP contribution in [-0.4, -0.2) is 38.0 Å². The van der Waals surface area contributed by atoms with Crippen LogP contribution in [0.5, 0.6) is 0 Å². The first kappa shape index (κ1) is 20.8. The topological polar surface area (TPSA) is 61.8 Å². The summed E-state index contributed by atoms with van der Waals surface area (Å²) in [5, 5.41) is 0.398. The molecule has 1 aliphatic carbocycles. The van der Waals surface area contributed by atoms with Crippen LogP contribution in [0.3, 0.4) is 0 Å². The normalized spacial score (nSPS) is 31.7. The first-order valence-corrected chi connectivity index (χ1v) is 9.84. The van der Waals surface area contributed by atoms with E-state index in [-0.39, 0.29) is 12.0 Å². The molecule has 3 rings (SSSR count). The number of ether oxygens (including phenoxy) is 2. The number of fused-ring (bicyclic) bond motifs is 1. The maximum atomic E-state index is 15.1. The molecule has 5 unspecified atom stereocenters. The molecule has 152 valence electrons. The second-order valence-corrected chi connectivity index (χ2v) is 8.95. The lowest BCUT2D eigenvalue weighted by Crippen LogP contribution is -2.36. The van der Waals surface area contributed by atoms with Crippen molar-refractivity contribution in [3.05, 3.63) is 34.9 Å². The first-order chi connectivity index (χ1) is 12.3. The van der Waals surface area contributed by atoms with Crippen LogP contribution in [0.2, 0.25) is 5.02 Å². The van der Waals surface area contributed by atoms with E-state index in [0.29, 0.717) is 5.02 Å². The third-order valence-corrected chi connectivity index (χ3v) is 5.87. The summed E-state index contributed by atoms with van der Waals surface area (Å²) in [5.41, 5.74) is -5.34. The van der Waals surface area contributed by atoms with Crippen LogP contribution in [0.1, 0.15) is 32.0 Å². The Morgan fingerprint density at radius 2 is 1.74 bits per heavy atom. The number of benzene rings is 1. The zero-order chi connectivity index (χ0) is 20.2. The van der Waals surface area contributed by atoms with Crippen molar-refractivity contribution in [2.24, 2.45) is 5.92 Å². The summed E-state index contributed by atoms with van der Waals surface area (Å²) < 4.78 is 91.4. The summed E-state index contributed by atoms with van der Waals surface area (Å²) in [6.45, 7) is 3.01. The Balaban J connectivity index is 1.87. The van der Waals surface area contributed by atoms with Crippen LogP contribution in [0.15, 0.2) is 24.3 Å². The third kappa shape index (κ3) is 4.09. The van der Waals surface area contributed by atoms with Gasteiger partial charge in [-0.1, -0.05) is 23.7 Å². The molecule has 0 amide bonds. The molecule has 11 heteroatoms. The summed E-state index contributed by atoms with van der Waals surface area (Å²) >= 11 is 5.78. The highest BCUT2D eigenvalue weighted by atomic mass is 35.5. The highest BCUT2D eigenvalue weighted by Crippen LogP contribution is 2.49. The van der Waals surface area contributed by atoms with E-state index in [1.54, 1.807) is 0 Å². The lowest BCUT2D eigenvalue weighted by Gasteiger charge is -2.25. The van der Waals surface area contributed by atoms with E-state index in [0.717, 1.165) is 0 Å². The summed E-state index contributed by atoms with van der Waals surface area (Å²) in [5.74, 6) is -2.16. The van der Waals surface area contributed by atoms with E-state index in [2.05, 4.69) is 4.18 Å². The molecule has 1 saturated carbocycles. The molecule has 27 heavy (non-hydrogen) atoms. The predicted octanol–water partition coefficient (Wildman–Crippen LogP) is 4.13. The van der Waals surface area contributed by atoms with Gasteiger partial charge in [0.15, 0.2) is 5.79 Å². The second kappa shape index (κ2) is 6.84. The molecule has 0 spiro atoms. The fraction of sp³-hybridized carbons (Fsp3) is 0.625. The van der Waals surface area contributed by atoms with Gasteiger partial charge in [0, 0.05) is 10.9 Å². The summed E-state index contributed by atoms with van der Waals surface area (Å²) in [6, 6.07) is 5.86. The van der Waals surface area contributed by atoms with E-state index < -0.39 is 51.8 Å². The van der Waals surface area contributed by atoms with Gasteiger partial charge in [0.2, 0.25) is 0 Å². The van der Waals surface area contributed by atoms with Crippen molar-refractivity contribution >= 4 is 21.7 Å². The number of hydrogen-bond donors (Lipinski definition) is 0. The standard InChI is InChI=1S/C16H17ClF4O5S/c1-15(2)24-13-10(12(18)8-3-5-9(17)6-4-8)7-11(14(13)25-15)26-27(22,23)16(19,20)21/h3-6,10-14H,7H2,1-2H3. The third-order valence-electron chi connectivity index (χ3n) is 4.55. The van der Waals surface area contributed by atoms with E-state index in [1.807, 2.05) is 0 Å². The maximum Gasteiger partial charge on any atom is 0.523 e. The molecule has 0 bridgehead atoms. The highest BCUT2D eigenvalue weighted by molar-refractivity contribution is 7.87. The molecule has 1 aliphatic heterocycles. The lowest BCUT2D eigenvalue weighted by atomic mass is 9.93. The fourth-order valence-electron chi connectivity index (χ4n) is 3.46. The quantitative estimate of drug-likeness (QED) is 0.407. The van der Waals surface area contributed by atoms with E-state index >= 15 is 4.39 Å². The van der Waals surface area contributed by atoms with Gasteiger partial charge in [-0.15, -0.1) is 0 Å². The van der Waals surface area contributed by atoms with Crippen LogP contribution in [0.25, 0.3) is 0 Å². The Labute approximate surface area is 158 Å². The molecule has 0 aromatic heterocycles. The van der Waals surface area contributed by atoms with Crippen molar-refractivity contribution in [1.82, 2.24) is 0 Å². The fourth-order valence-corrected chi connectivity index (χ4v) is 4.21. The van der Waals surface area contributed by atoms with Gasteiger partial charge in [-0.3, -0.25) is 4.18 Å². The van der Waals surface area contributed by atoms with Crippen LogP contribution < -0.4 is 0 Å². The molecule has 5 atom stereocenters. The summed E-state index contributed by atoms with van der Waals surface area (Å²) in [7, 11) is -5.85. The predicted molar refractivity (Wildman–Crippen MR) is 87.1 cm³/mol. The second-order valence-electron chi connectivity index (χ2n) is 6.95. The van der Waals surface area contributed by atoms with Gasteiger partial charge in [-0.2, -0.15) is 21.6 Å². The minimum atomic E-state index is -5.85. The highest BCUT2D eigenvalue weighted by Gasteiger charge is 2.60. The Bertz CT molecular complexity index is 796. The van der Waals surface area contributed by atoms with Gasteiger partial charge < -0.3 is 9.47 Å². The van der Waals surface area contributed by atoms with Crippen molar-refractivity contribution in [1.29, 1.82) is 0 Å². The number of halogens is 5. The smallest absolute Gasteiger partial charge is 0.344 e. The van der Waals surface area contributed by atoms with E-state index in [4.69, 9.17) is 21.1 Å². The molecule has 0 N–H and O–H groups in total. The van der Waals surface area contributed by atoms with Crippen LogP contribution in [0, 0.1) is 5.92 Å². The molecule has 1 aromatic carbocycles. The number of rotatable bonds is 4. The van der Waals surface area contributed by atoms with Crippen LogP contribution in [0.4, 0.5) is 17.6 Å². The SMILES string of the molecule is CC1(C)OC2C(OS(=O)(=O)C(F)(F)F)CC(C(F)c3ccc(Cl)cc3)C2O1. The van der Waals surface area contributed by atoms with Gasteiger partial charge >= 0.3 is 15.6 Å². The molecule has 2 fully saturated rings. The molecule has 2 aliphatic rings. The van der Waals surface area contributed by atoms with Crippen molar-refractivity contribution in [2.75, 3.05) is 0 Å². The molecule has 1 aromatic rings. The van der Waals surface area contributed by atoms with E-state index in [9.17, 15) is 21.6 Å². The molecule has 1 saturated heterocycles. The summed E-state index contributed by atoms with van der Waals surface area (Å²) in [6.07, 6.45) is -5.56. The van der Waals surface area contributed by atoms with Gasteiger partial charge in [0.05, 0.1) is 6.10 Å². The van der Waals surface area contributed by atoms with Crippen LogP contribution >= 0.6 is 11.6 Å². The maximum absolute atomic E-state index is 15.1.